The van der Waals surface area contributed by atoms with E-state index in [-0.39, 0.29) is 5.56 Å². The van der Waals surface area contributed by atoms with Gasteiger partial charge in [-0.15, -0.1) is 0 Å². The third-order valence-corrected chi connectivity index (χ3v) is 5.72. The monoisotopic (exact) mass is 417 g/mol. The highest BCUT2D eigenvalue weighted by atomic mass is 16.1. The molecule has 0 amide bonds. The molecule has 0 saturated heterocycles. The fourth-order valence-corrected chi connectivity index (χ4v) is 4.21. The minimum Gasteiger partial charge on any atom is -0.355 e. The average Bonchev–Trinajstić information content (AvgIpc) is 3.22. The summed E-state index contributed by atoms with van der Waals surface area (Å²) in [7, 11) is 0. The molecule has 6 aromatic rings. The molecule has 3 aromatic carbocycles. The highest BCUT2D eigenvalue weighted by Gasteiger charge is 2.11. The Balaban J connectivity index is 1.41. The normalized spacial score (nSPS) is 11.4. The van der Waals surface area contributed by atoms with Crippen molar-refractivity contribution < 1.29 is 0 Å². The summed E-state index contributed by atoms with van der Waals surface area (Å²) in [6, 6.07) is 26.0. The van der Waals surface area contributed by atoms with E-state index in [2.05, 4.69) is 44.6 Å². The zero-order chi connectivity index (χ0) is 21.5. The van der Waals surface area contributed by atoms with Crippen LogP contribution in [0.2, 0.25) is 0 Å². The topological polar surface area (TPSA) is 75.6 Å². The van der Waals surface area contributed by atoms with Gasteiger partial charge in [-0.2, -0.15) is 5.10 Å². The van der Waals surface area contributed by atoms with Gasteiger partial charge in [0.1, 0.15) is 5.65 Å². The van der Waals surface area contributed by atoms with Crippen LogP contribution in [0.4, 0.5) is 11.4 Å². The van der Waals surface area contributed by atoms with E-state index in [1.54, 1.807) is 6.20 Å². The smallest absolute Gasteiger partial charge is 0.257 e. The molecule has 0 fully saturated rings. The number of aromatic nitrogens is 4. The lowest BCUT2D eigenvalue weighted by atomic mass is 10.1. The summed E-state index contributed by atoms with van der Waals surface area (Å²) in [5, 5.41) is 11.6. The van der Waals surface area contributed by atoms with Gasteiger partial charge < -0.3 is 10.3 Å². The van der Waals surface area contributed by atoms with E-state index in [0.717, 1.165) is 39.6 Å². The van der Waals surface area contributed by atoms with E-state index in [1.165, 1.54) is 5.56 Å². The molecule has 3 heterocycles. The zero-order valence-electron chi connectivity index (χ0n) is 17.1. The molecule has 3 aromatic heterocycles. The highest BCUT2D eigenvalue weighted by molar-refractivity contribution is 6.11. The standard InChI is InChI=1S/C26H19N5O/c32-26-21-9-5-4-8-20(21)24-22(12-13-27-25(24)30-26)29-19-10-11-23-18(14-19)15-28-31(23)16-17-6-2-1-3-7-17/h1-15H,16H2,(H2,27,29,30,32). The molecule has 0 unspecified atom stereocenters. The van der Waals surface area contributed by atoms with Gasteiger partial charge in [-0.05, 0) is 35.9 Å². The summed E-state index contributed by atoms with van der Waals surface area (Å²) in [5.41, 5.74) is 4.55. The van der Waals surface area contributed by atoms with Gasteiger partial charge in [0, 0.05) is 33.4 Å². The second kappa shape index (κ2) is 7.35. The van der Waals surface area contributed by atoms with Crippen LogP contribution in [0.5, 0.6) is 0 Å². The van der Waals surface area contributed by atoms with Gasteiger partial charge in [-0.1, -0.05) is 48.5 Å². The molecule has 0 radical (unpaired) electrons. The van der Waals surface area contributed by atoms with E-state index < -0.39 is 0 Å². The lowest BCUT2D eigenvalue weighted by molar-refractivity contribution is 0.712. The molecule has 0 aliphatic heterocycles. The second-order valence-corrected chi connectivity index (χ2v) is 7.77. The molecule has 0 bridgehead atoms. The van der Waals surface area contributed by atoms with Crippen LogP contribution in [0.25, 0.3) is 32.7 Å². The van der Waals surface area contributed by atoms with E-state index in [9.17, 15) is 4.79 Å². The van der Waals surface area contributed by atoms with Crippen molar-refractivity contribution in [3.63, 3.8) is 0 Å². The lowest BCUT2D eigenvalue weighted by Crippen LogP contribution is -2.08. The fourth-order valence-electron chi connectivity index (χ4n) is 4.21. The summed E-state index contributed by atoms with van der Waals surface area (Å²) in [6.07, 6.45) is 3.59. The quantitative estimate of drug-likeness (QED) is 0.386. The Hall–Kier alpha value is -4.45. The first-order chi connectivity index (χ1) is 15.8. The number of H-pyrrole nitrogens is 1. The van der Waals surface area contributed by atoms with Crippen molar-refractivity contribution >= 4 is 44.1 Å². The average molecular weight is 417 g/mol. The van der Waals surface area contributed by atoms with E-state index >= 15 is 0 Å². The largest absolute Gasteiger partial charge is 0.355 e. The van der Waals surface area contributed by atoms with Crippen molar-refractivity contribution in [2.75, 3.05) is 5.32 Å². The van der Waals surface area contributed by atoms with Crippen molar-refractivity contribution in [2.45, 2.75) is 6.54 Å². The molecule has 6 rings (SSSR count). The maximum atomic E-state index is 12.4. The van der Waals surface area contributed by atoms with Crippen LogP contribution >= 0.6 is 0 Å². The van der Waals surface area contributed by atoms with Crippen LogP contribution in [0.3, 0.4) is 0 Å². The molecule has 32 heavy (non-hydrogen) atoms. The number of hydrogen-bond acceptors (Lipinski definition) is 4. The first-order valence-electron chi connectivity index (χ1n) is 10.4. The number of nitrogens with zero attached hydrogens (tertiary/aromatic N) is 3. The third kappa shape index (κ3) is 3.09. The van der Waals surface area contributed by atoms with Crippen molar-refractivity contribution in [3.05, 3.63) is 107 Å². The molecule has 0 aliphatic carbocycles. The van der Waals surface area contributed by atoms with Gasteiger partial charge >= 0.3 is 0 Å². The van der Waals surface area contributed by atoms with Gasteiger partial charge in [0.15, 0.2) is 0 Å². The van der Waals surface area contributed by atoms with Crippen molar-refractivity contribution in [2.24, 2.45) is 0 Å². The Morgan fingerprint density at radius 3 is 2.59 bits per heavy atom. The number of aromatic amines is 1. The second-order valence-electron chi connectivity index (χ2n) is 7.77. The predicted molar refractivity (Wildman–Crippen MR) is 128 cm³/mol. The summed E-state index contributed by atoms with van der Waals surface area (Å²) >= 11 is 0. The Bertz CT molecular complexity index is 1650. The maximum absolute atomic E-state index is 12.4. The highest BCUT2D eigenvalue weighted by Crippen LogP contribution is 2.30. The van der Waals surface area contributed by atoms with E-state index in [4.69, 9.17) is 0 Å². The Labute approximate surface area is 183 Å². The van der Waals surface area contributed by atoms with Gasteiger partial charge in [0.25, 0.3) is 5.56 Å². The number of hydrogen-bond donors (Lipinski definition) is 2. The molecule has 6 nitrogen and oxygen atoms in total. The molecule has 0 atom stereocenters. The van der Waals surface area contributed by atoms with Crippen molar-refractivity contribution in [1.29, 1.82) is 0 Å². The van der Waals surface area contributed by atoms with Gasteiger partial charge in [0.2, 0.25) is 0 Å². The van der Waals surface area contributed by atoms with Crippen LogP contribution in [-0.2, 0) is 6.54 Å². The lowest BCUT2D eigenvalue weighted by Gasteiger charge is -2.12. The number of fused-ring (bicyclic) bond motifs is 4. The van der Waals surface area contributed by atoms with Crippen LogP contribution in [0, 0.1) is 0 Å². The molecular weight excluding hydrogens is 398 g/mol. The number of nitrogens with one attached hydrogen (secondary N) is 2. The predicted octanol–water partition coefficient (Wildman–Crippen LogP) is 5.22. The summed E-state index contributed by atoms with van der Waals surface area (Å²) < 4.78 is 2.01. The third-order valence-electron chi connectivity index (χ3n) is 5.72. The summed E-state index contributed by atoms with van der Waals surface area (Å²) in [5.74, 6) is 0. The Kier molecular flexibility index (Phi) is 4.21. The van der Waals surface area contributed by atoms with Crippen LogP contribution in [-0.4, -0.2) is 19.7 Å². The molecular formula is C26H19N5O. The number of rotatable bonds is 4. The van der Waals surface area contributed by atoms with Crippen LogP contribution in [0.15, 0.2) is 96.1 Å². The summed E-state index contributed by atoms with van der Waals surface area (Å²) in [6.45, 7) is 0.728. The SMILES string of the molecule is O=c1[nH]c2nccc(Nc3ccc4c(cnn4Cc4ccccc4)c3)c2c2ccccc12. The van der Waals surface area contributed by atoms with Crippen molar-refractivity contribution in [1.82, 2.24) is 19.7 Å². The minimum atomic E-state index is -0.134. The molecule has 0 aliphatic rings. The van der Waals surface area contributed by atoms with E-state index in [1.807, 2.05) is 65.5 Å². The number of anilines is 2. The van der Waals surface area contributed by atoms with Crippen molar-refractivity contribution in [3.8, 4) is 0 Å². The first-order valence-corrected chi connectivity index (χ1v) is 10.4. The van der Waals surface area contributed by atoms with Crippen LogP contribution in [0.1, 0.15) is 5.56 Å². The van der Waals surface area contributed by atoms with Gasteiger partial charge in [0.05, 0.1) is 23.9 Å². The van der Waals surface area contributed by atoms with Gasteiger partial charge in [-0.3, -0.25) is 9.48 Å². The zero-order valence-corrected chi connectivity index (χ0v) is 17.1. The fraction of sp³-hybridized carbons (Fsp3) is 0.0385. The van der Waals surface area contributed by atoms with Gasteiger partial charge in [-0.25, -0.2) is 4.98 Å². The minimum absolute atomic E-state index is 0.134. The van der Waals surface area contributed by atoms with Crippen LogP contribution < -0.4 is 10.9 Å². The number of pyridine rings is 2. The molecule has 0 spiro atoms. The molecule has 2 N–H and O–H groups in total. The summed E-state index contributed by atoms with van der Waals surface area (Å²) in [4.78, 5) is 19.7. The number of benzene rings is 3. The Morgan fingerprint density at radius 2 is 1.72 bits per heavy atom. The first kappa shape index (κ1) is 18.3. The molecule has 0 saturated carbocycles. The van der Waals surface area contributed by atoms with E-state index in [0.29, 0.717) is 11.0 Å². The molecule has 154 valence electrons. The molecule has 6 heteroatoms. The Morgan fingerprint density at radius 1 is 0.906 bits per heavy atom. The maximum Gasteiger partial charge on any atom is 0.257 e.